The van der Waals surface area contributed by atoms with Crippen molar-refractivity contribution in [2.24, 2.45) is 5.73 Å². The molecule has 0 saturated heterocycles. The maximum Gasteiger partial charge on any atom is 0.417 e. The molecule has 0 aliphatic rings. The highest BCUT2D eigenvalue weighted by molar-refractivity contribution is 7.99. The first-order valence-electron chi connectivity index (χ1n) is 5.05. The minimum atomic E-state index is -4.58. The van der Waals surface area contributed by atoms with Crippen LogP contribution >= 0.6 is 24.0 Å². The van der Waals surface area contributed by atoms with E-state index in [-0.39, 0.29) is 27.9 Å². The maximum atomic E-state index is 12.8. The van der Waals surface area contributed by atoms with Gasteiger partial charge in [-0.1, -0.05) is 12.2 Å². The van der Waals surface area contributed by atoms with Gasteiger partial charge in [0.1, 0.15) is 4.99 Å². The molecule has 0 heterocycles. The molecule has 0 radical (unpaired) electrons. The Kier molecular flexibility index (Phi) is 5.19. The van der Waals surface area contributed by atoms with Gasteiger partial charge in [-0.25, -0.2) is 0 Å². The molecule has 1 rings (SSSR count). The Bertz CT molecular complexity index is 503. The van der Waals surface area contributed by atoms with Crippen LogP contribution in [0.3, 0.4) is 0 Å². The number of benzene rings is 1. The molecule has 19 heavy (non-hydrogen) atoms. The summed E-state index contributed by atoms with van der Waals surface area (Å²) < 4.78 is 38.5. The number of carbonyl (C=O) groups is 1. The monoisotopic (exact) mass is 308 g/mol. The lowest BCUT2D eigenvalue weighted by molar-refractivity contribution is -0.137. The standard InChI is InChI=1S/C11H11F3N2OS2/c1-19-5-9(17)16-6-2-3-7(10(15)18)8(4-6)11(12,13)14/h2-4H,5H2,1H3,(H2,15,18)(H,16,17). The van der Waals surface area contributed by atoms with Crippen LogP contribution in [0.4, 0.5) is 18.9 Å². The highest BCUT2D eigenvalue weighted by Crippen LogP contribution is 2.33. The fourth-order valence-electron chi connectivity index (χ4n) is 1.40. The van der Waals surface area contributed by atoms with Crippen molar-refractivity contribution in [3.05, 3.63) is 29.3 Å². The van der Waals surface area contributed by atoms with Crippen LogP contribution < -0.4 is 11.1 Å². The fourth-order valence-corrected chi connectivity index (χ4v) is 1.91. The molecule has 0 spiro atoms. The fraction of sp³-hybridized carbons (Fsp3) is 0.273. The molecule has 1 aromatic rings. The number of carbonyl (C=O) groups excluding carboxylic acids is 1. The lowest BCUT2D eigenvalue weighted by atomic mass is 10.1. The van der Waals surface area contributed by atoms with Crippen LogP contribution in [0.2, 0.25) is 0 Å². The van der Waals surface area contributed by atoms with Gasteiger partial charge in [0, 0.05) is 11.3 Å². The molecule has 1 aromatic carbocycles. The average molecular weight is 308 g/mol. The van der Waals surface area contributed by atoms with Crippen LogP contribution in [0.25, 0.3) is 0 Å². The Balaban J connectivity index is 3.12. The average Bonchev–Trinajstić information content (AvgIpc) is 2.27. The molecule has 0 aromatic heterocycles. The first-order valence-corrected chi connectivity index (χ1v) is 6.85. The van der Waals surface area contributed by atoms with Crippen LogP contribution in [-0.2, 0) is 11.0 Å². The van der Waals surface area contributed by atoms with Gasteiger partial charge in [0.05, 0.1) is 11.3 Å². The largest absolute Gasteiger partial charge is 0.417 e. The van der Waals surface area contributed by atoms with Crippen LogP contribution in [0.5, 0.6) is 0 Å². The first kappa shape index (κ1) is 15.8. The van der Waals surface area contributed by atoms with Crippen LogP contribution in [0, 0.1) is 0 Å². The van der Waals surface area contributed by atoms with Crippen molar-refractivity contribution in [1.29, 1.82) is 0 Å². The number of amides is 1. The molecule has 3 nitrogen and oxygen atoms in total. The quantitative estimate of drug-likeness (QED) is 0.840. The summed E-state index contributed by atoms with van der Waals surface area (Å²) >= 11 is 5.85. The number of anilines is 1. The molecule has 0 atom stereocenters. The van der Waals surface area contributed by atoms with E-state index in [2.05, 4.69) is 17.5 Å². The Morgan fingerprint density at radius 1 is 1.47 bits per heavy atom. The van der Waals surface area contributed by atoms with Crippen LogP contribution in [0.15, 0.2) is 18.2 Å². The Morgan fingerprint density at radius 3 is 2.58 bits per heavy atom. The van der Waals surface area contributed by atoms with E-state index in [0.717, 1.165) is 12.1 Å². The summed E-state index contributed by atoms with van der Waals surface area (Å²) in [6, 6.07) is 3.31. The topological polar surface area (TPSA) is 55.1 Å². The lowest BCUT2D eigenvalue weighted by Crippen LogP contribution is -2.19. The second kappa shape index (κ2) is 6.25. The molecule has 0 aliphatic heterocycles. The van der Waals surface area contributed by atoms with Crippen molar-refractivity contribution in [1.82, 2.24) is 0 Å². The molecule has 0 aliphatic carbocycles. The van der Waals surface area contributed by atoms with Crippen molar-refractivity contribution in [2.45, 2.75) is 6.18 Å². The van der Waals surface area contributed by atoms with Crippen molar-refractivity contribution in [3.8, 4) is 0 Å². The molecule has 1 amide bonds. The summed E-state index contributed by atoms with van der Waals surface area (Å²) in [4.78, 5) is 11.0. The van der Waals surface area contributed by atoms with E-state index in [1.807, 2.05) is 0 Å². The molecule has 0 unspecified atom stereocenters. The zero-order chi connectivity index (χ0) is 14.6. The van der Waals surface area contributed by atoms with Gasteiger partial charge in [0.2, 0.25) is 5.91 Å². The predicted molar refractivity (Wildman–Crippen MR) is 74.3 cm³/mol. The van der Waals surface area contributed by atoms with Gasteiger partial charge < -0.3 is 11.1 Å². The van der Waals surface area contributed by atoms with E-state index in [0.29, 0.717) is 0 Å². The normalized spacial score (nSPS) is 11.2. The smallest absolute Gasteiger partial charge is 0.389 e. The second-order valence-electron chi connectivity index (χ2n) is 3.60. The van der Waals surface area contributed by atoms with E-state index >= 15 is 0 Å². The number of halogens is 3. The van der Waals surface area contributed by atoms with E-state index in [4.69, 9.17) is 5.73 Å². The number of hydrogen-bond donors (Lipinski definition) is 2. The number of nitrogens with two attached hydrogens (primary N) is 1. The van der Waals surface area contributed by atoms with E-state index in [9.17, 15) is 18.0 Å². The number of alkyl halides is 3. The predicted octanol–water partition coefficient (Wildman–Crippen LogP) is 2.64. The summed E-state index contributed by atoms with van der Waals surface area (Å²) in [6.45, 7) is 0. The molecule has 3 N–H and O–H groups in total. The zero-order valence-electron chi connectivity index (χ0n) is 9.88. The summed E-state index contributed by atoms with van der Waals surface area (Å²) in [5.74, 6) is -0.206. The minimum absolute atomic E-state index is 0.0615. The van der Waals surface area contributed by atoms with E-state index in [1.54, 1.807) is 6.26 Å². The van der Waals surface area contributed by atoms with Gasteiger partial charge in [-0.3, -0.25) is 4.79 Å². The van der Waals surface area contributed by atoms with Crippen molar-refractivity contribution < 1.29 is 18.0 Å². The second-order valence-corrected chi connectivity index (χ2v) is 4.91. The third kappa shape index (κ3) is 4.39. The molecule has 104 valence electrons. The number of nitrogens with one attached hydrogen (secondary N) is 1. The number of hydrogen-bond acceptors (Lipinski definition) is 3. The zero-order valence-corrected chi connectivity index (χ0v) is 11.5. The van der Waals surface area contributed by atoms with Crippen LogP contribution in [-0.4, -0.2) is 22.9 Å². The Hall–Kier alpha value is -1.28. The van der Waals surface area contributed by atoms with Gasteiger partial charge in [0.15, 0.2) is 0 Å². The van der Waals surface area contributed by atoms with Gasteiger partial charge in [-0.05, 0) is 24.5 Å². The summed E-state index contributed by atoms with van der Waals surface area (Å²) in [7, 11) is 0. The van der Waals surface area contributed by atoms with E-state index < -0.39 is 11.7 Å². The van der Waals surface area contributed by atoms with E-state index in [1.165, 1.54) is 17.8 Å². The first-order chi connectivity index (χ1) is 8.75. The summed E-state index contributed by atoms with van der Waals surface area (Å²) in [5.41, 5.74) is 4.10. The summed E-state index contributed by atoms with van der Waals surface area (Å²) in [6.07, 6.45) is -2.87. The van der Waals surface area contributed by atoms with Gasteiger partial charge in [0.25, 0.3) is 0 Å². The van der Waals surface area contributed by atoms with Gasteiger partial charge in [-0.2, -0.15) is 24.9 Å². The highest BCUT2D eigenvalue weighted by Gasteiger charge is 2.34. The third-order valence-electron chi connectivity index (χ3n) is 2.15. The number of thiocarbonyl (C=S) groups is 1. The molecule has 0 saturated carbocycles. The van der Waals surface area contributed by atoms with Crippen molar-refractivity contribution in [3.63, 3.8) is 0 Å². The Labute approximate surface area is 117 Å². The summed E-state index contributed by atoms with van der Waals surface area (Å²) in [5, 5.41) is 2.38. The highest BCUT2D eigenvalue weighted by atomic mass is 32.2. The molecule has 8 heteroatoms. The molecule has 0 bridgehead atoms. The number of thioether (sulfide) groups is 1. The van der Waals surface area contributed by atoms with Crippen molar-refractivity contribution >= 4 is 40.6 Å². The number of rotatable bonds is 4. The lowest BCUT2D eigenvalue weighted by Gasteiger charge is -2.14. The minimum Gasteiger partial charge on any atom is -0.389 e. The van der Waals surface area contributed by atoms with Crippen molar-refractivity contribution in [2.75, 3.05) is 17.3 Å². The SMILES string of the molecule is CSCC(=O)Nc1ccc(C(N)=S)c(C(F)(F)F)c1. The van der Waals surface area contributed by atoms with Gasteiger partial charge in [-0.15, -0.1) is 0 Å². The van der Waals surface area contributed by atoms with Gasteiger partial charge >= 0.3 is 6.18 Å². The third-order valence-corrected chi connectivity index (χ3v) is 2.92. The Morgan fingerprint density at radius 2 is 2.11 bits per heavy atom. The molecular formula is C11H11F3N2OS2. The molecule has 0 fully saturated rings. The van der Waals surface area contributed by atoms with Crippen LogP contribution in [0.1, 0.15) is 11.1 Å². The molecular weight excluding hydrogens is 297 g/mol. The maximum absolute atomic E-state index is 12.8.